The van der Waals surface area contributed by atoms with Gasteiger partial charge in [0.25, 0.3) is 0 Å². The maximum Gasteiger partial charge on any atom is 0.214 e. The number of hydrogen-bond donors (Lipinski definition) is 3. The van der Waals surface area contributed by atoms with Gasteiger partial charge < -0.3 is 43.7 Å². The first-order valence-electron chi connectivity index (χ1n) is 8.46. The van der Waals surface area contributed by atoms with Crippen LogP contribution in [0.15, 0.2) is 12.2 Å². The van der Waals surface area contributed by atoms with Crippen LogP contribution in [0.1, 0.15) is 0 Å². The molecule has 3 N–H and O–H groups in total. The summed E-state index contributed by atoms with van der Waals surface area (Å²) >= 11 is 0. The van der Waals surface area contributed by atoms with Crippen molar-refractivity contribution in [2.24, 2.45) is 5.92 Å². The van der Waals surface area contributed by atoms with Crippen LogP contribution in [0.3, 0.4) is 0 Å². The molecular weight excluding hydrogens is 364 g/mol. The zero-order valence-electron chi connectivity index (χ0n) is 16.0. The Kier molecular flexibility index (Phi) is 11.1. The molecule has 0 aromatic heterocycles. The van der Waals surface area contributed by atoms with Crippen LogP contribution >= 0.6 is 0 Å². The standard InChI is InChI=1S/C17H30O10/c1-22-11(12(7-18)26-14(9-20)23-2)6-5-10-15(21)17(25-4)27-13(8-19)16(10)24-3/h5-6,9-19,21H,7-8H2,1-4H3/b6-5-. The molecular formula is C17H30O10. The van der Waals surface area contributed by atoms with Crippen molar-refractivity contribution in [2.45, 2.75) is 43.1 Å². The Hall–Kier alpha value is -0.950. The minimum atomic E-state index is -1.15. The molecule has 0 aromatic rings. The van der Waals surface area contributed by atoms with Gasteiger partial charge in [-0.1, -0.05) is 12.2 Å². The average molecular weight is 394 g/mol. The Morgan fingerprint density at radius 1 is 1.11 bits per heavy atom. The number of hydrogen-bond acceptors (Lipinski definition) is 10. The predicted molar refractivity (Wildman–Crippen MR) is 91.8 cm³/mol. The quantitative estimate of drug-likeness (QED) is 0.203. The summed E-state index contributed by atoms with van der Waals surface area (Å²) in [5, 5.41) is 29.6. The highest BCUT2D eigenvalue weighted by atomic mass is 16.7. The van der Waals surface area contributed by atoms with E-state index in [1.165, 1.54) is 28.4 Å². The molecule has 0 bridgehead atoms. The summed E-state index contributed by atoms with van der Waals surface area (Å²) < 4.78 is 31.5. The topological polar surface area (TPSA) is 133 Å². The number of methoxy groups -OCH3 is 4. The second kappa shape index (κ2) is 12.5. The van der Waals surface area contributed by atoms with E-state index in [0.29, 0.717) is 6.29 Å². The third-order valence-electron chi connectivity index (χ3n) is 4.41. The summed E-state index contributed by atoms with van der Waals surface area (Å²) in [6, 6.07) is 0. The molecule has 1 rings (SSSR count). The largest absolute Gasteiger partial charge is 0.394 e. The fraction of sp³-hybridized carbons (Fsp3) is 0.824. The summed E-state index contributed by atoms with van der Waals surface area (Å²) in [4.78, 5) is 10.9. The molecule has 27 heavy (non-hydrogen) atoms. The van der Waals surface area contributed by atoms with Crippen molar-refractivity contribution in [3.8, 4) is 0 Å². The lowest BCUT2D eigenvalue weighted by Crippen LogP contribution is -2.56. The highest BCUT2D eigenvalue weighted by molar-refractivity contribution is 5.53. The molecule has 10 nitrogen and oxygen atoms in total. The molecule has 1 heterocycles. The van der Waals surface area contributed by atoms with Crippen LogP contribution in [0.4, 0.5) is 0 Å². The summed E-state index contributed by atoms with van der Waals surface area (Å²) in [6.07, 6.45) is -2.46. The van der Waals surface area contributed by atoms with Gasteiger partial charge >= 0.3 is 0 Å². The minimum Gasteiger partial charge on any atom is -0.394 e. The van der Waals surface area contributed by atoms with E-state index in [1.807, 2.05) is 0 Å². The van der Waals surface area contributed by atoms with E-state index in [2.05, 4.69) is 0 Å². The molecule has 1 aliphatic heterocycles. The number of ether oxygens (including phenoxy) is 6. The van der Waals surface area contributed by atoms with Crippen LogP contribution in [0.2, 0.25) is 0 Å². The van der Waals surface area contributed by atoms with Gasteiger partial charge in [-0.15, -0.1) is 0 Å². The Morgan fingerprint density at radius 3 is 2.26 bits per heavy atom. The van der Waals surface area contributed by atoms with Gasteiger partial charge in [-0.25, -0.2) is 0 Å². The number of aldehydes is 1. The highest BCUT2D eigenvalue weighted by Gasteiger charge is 2.44. The van der Waals surface area contributed by atoms with Gasteiger partial charge in [-0.05, 0) is 0 Å². The van der Waals surface area contributed by atoms with Crippen molar-refractivity contribution in [3.63, 3.8) is 0 Å². The van der Waals surface area contributed by atoms with E-state index in [9.17, 15) is 20.1 Å². The van der Waals surface area contributed by atoms with Gasteiger partial charge in [0, 0.05) is 34.4 Å². The van der Waals surface area contributed by atoms with Gasteiger partial charge in [0.15, 0.2) is 12.6 Å². The van der Waals surface area contributed by atoms with E-state index in [1.54, 1.807) is 12.2 Å². The molecule has 0 amide bonds. The second-order valence-electron chi connectivity index (χ2n) is 5.91. The van der Waals surface area contributed by atoms with Crippen molar-refractivity contribution in [3.05, 3.63) is 12.2 Å². The van der Waals surface area contributed by atoms with Gasteiger partial charge in [0.2, 0.25) is 6.29 Å². The Morgan fingerprint density at radius 2 is 1.81 bits per heavy atom. The number of carbonyl (C=O) groups excluding carboxylic acids is 1. The van der Waals surface area contributed by atoms with Gasteiger partial charge in [-0.3, -0.25) is 4.79 Å². The highest BCUT2D eigenvalue weighted by Crippen LogP contribution is 2.30. The summed E-state index contributed by atoms with van der Waals surface area (Å²) in [5.74, 6) is -0.591. The third kappa shape index (κ3) is 6.28. The normalized spacial score (nSPS) is 32.3. The zero-order valence-corrected chi connectivity index (χ0v) is 16.0. The third-order valence-corrected chi connectivity index (χ3v) is 4.41. The summed E-state index contributed by atoms with van der Waals surface area (Å²) in [6.45, 7) is -0.749. The fourth-order valence-electron chi connectivity index (χ4n) is 2.96. The first kappa shape index (κ1) is 24.1. The summed E-state index contributed by atoms with van der Waals surface area (Å²) in [5.41, 5.74) is 0. The van der Waals surface area contributed by atoms with Crippen molar-refractivity contribution in [1.82, 2.24) is 0 Å². The van der Waals surface area contributed by atoms with E-state index >= 15 is 0 Å². The first-order chi connectivity index (χ1) is 13.0. The lowest BCUT2D eigenvalue weighted by Gasteiger charge is -2.42. The molecule has 0 aliphatic carbocycles. The molecule has 0 spiro atoms. The molecule has 0 radical (unpaired) electrons. The van der Waals surface area contributed by atoms with Gasteiger partial charge in [0.1, 0.15) is 24.4 Å². The number of aliphatic hydroxyl groups is 3. The Bertz CT molecular complexity index is 445. The van der Waals surface area contributed by atoms with Crippen molar-refractivity contribution in [2.75, 3.05) is 41.7 Å². The molecule has 0 aromatic carbocycles. The zero-order chi connectivity index (χ0) is 20.4. The van der Waals surface area contributed by atoms with Crippen LogP contribution in [0.5, 0.6) is 0 Å². The van der Waals surface area contributed by atoms with E-state index in [-0.39, 0.29) is 6.61 Å². The van der Waals surface area contributed by atoms with Gasteiger partial charge in [-0.2, -0.15) is 0 Å². The molecule has 0 saturated carbocycles. The van der Waals surface area contributed by atoms with E-state index in [0.717, 1.165) is 0 Å². The number of rotatable bonds is 12. The average Bonchev–Trinajstić information content (AvgIpc) is 2.70. The minimum absolute atomic E-state index is 0.319. The SMILES string of the molecule is COC(C=O)OC(CO)C(/C=C\C1C(O)C(OC)OC(CO)C1OC)OC. The van der Waals surface area contributed by atoms with Crippen LogP contribution < -0.4 is 0 Å². The van der Waals surface area contributed by atoms with Crippen molar-refractivity contribution in [1.29, 1.82) is 0 Å². The first-order valence-corrected chi connectivity index (χ1v) is 8.46. The monoisotopic (exact) mass is 394 g/mol. The van der Waals surface area contributed by atoms with Crippen LogP contribution in [-0.2, 0) is 33.2 Å². The lowest BCUT2D eigenvalue weighted by atomic mass is 9.88. The van der Waals surface area contributed by atoms with E-state index < -0.39 is 55.6 Å². The molecule has 10 heteroatoms. The Balaban J connectivity index is 2.99. The molecule has 1 fully saturated rings. The van der Waals surface area contributed by atoms with Gasteiger partial charge in [0.05, 0.1) is 19.3 Å². The van der Waals surface area contributed by atoms with E-state index in [4.69, 9.17) is 28.4 Å². The molecule has 8 unspecified atom stereocenters. The summed E-state index contributed by atoms with van der Waals surface area (Å²) in [7, 11) is 5.53. The fourth-order valence-corrected chi connectivity index (χ4v) is 2.96. The van der Waals surface area contributed by atoms with Crippen molar-refractivity contribution >= 4 is 6.29 Å². The second-order valence-corrected chi connectivity index (χ2v) is 5.91. The number of aliphatic hydroxyl groups excluding tert-OH is 3. The molecule has 158 valence electrons. The smallest absolute Gasteiger partial charge is 0.214 e. The number of carbonyl (C=O) groups is 1. The van der Waals surface area contributed by atoms with Crippen LogP contribution in [0, 0.1) is 5.92 Å². The molecule has 8 atom stereocenters. The Labute approximate surface area is 158 Å². The predicted octanol–water partition coefficient (Wildman–Crippen LogP) is -1.54. The molecule has 1 aliphatic rings. The molecule has 1 saturated heterocycles. The van der Waals surface area contributed by atoms with Crippen molar-refractivity contribution < 1.29 is 48.5 Å². The van der Waals surface area contributed by atoms with Crippen LogP contribution in [-0.4, -0.2) is 106 Å². The van der Waals surface area contributed by atoms with Crippen LogP contribution in [0.25, 0.3) is 0 Å². The maximum absolute atomic E-state index is 10.9. The maximum atomic E-state index is 10.9. The lowest BCUT2D eigenvalue weighted by molar-refractivity contribution is -0.279.